The summed E-state index contributed by atoms with van der Waals surface area (Å²) in [6, 6.07) is 10.3. The van der Waals surface area contributed by atoms with Crippen LogP contribution in [0.4, 0.5) is 0 Å². The van der Waals surface area contributed by atoms with Gasteiger partial charge in [-0.2, -0.15) is 5.10 Å². The van der Waals surface area contributed by atoms with E-state index in [4.69, 9.17) is 0 Å². The highest BCUT2D eigenvalue weighted by atomic mass is 16.5. The number of H-pyrrole nitrogens is 1. The summed E-state index contributed by atoms with van der Waals surface area (Å²) in [6.45, 7) is 0. The van der Waals surface area contributed by atoms with Crippen molar-refractivity contribution in [3.8, 4) is 0 Å². The van der Waals surface area contributed by atoms with Crippen LogP contribution in [0.25, 0.3) is 22.1 Å². The molecule has 1 aromatic carbocycles. The van der Waals surface area contributed by atoms with E-state index >= 15 is 0 Å². The predicted octanol–water partition coefficient (Wildman–Crippen LogP) is 1.17. The van der Waals surface area contributed by atoms with E-state index in [2.05, 4.69) is 25.7 Å². The molecule has 2 aromatic heterocycles. The topological polar surface area (TPSA) is 95.3 Å². The summed E-state index contributed by atoms with van der Waals surface area (Å²) in [4.78, 5) is 0.599. The Morgan fingerprint density at radius 1 is 0.941 bits per heavy atom. The normalized spacial score (nSPS) is 10.6. The van der Waals surface area contributed by atoms with Gasteiger partial charge in [0.1, 0.15) is 16.6 Å². The Morgan fingerprint density at radius 3 is 2.35 bits per heavy atom. The zero-order chi connectivity index (χ0) is 11.7. The van der Waals surface area contributed by atoms with Crippen molar-refractivity contribution < 1.29 is 0 Å². The highest BCUT2D eigenvalue weighted by Gasteiger charge is 1.94. The van der Waals surface area contributed by atoms with E-state index in [1.807, 2.05) is 0 Å². The molecule has 84 valence electrons. The van der Waals surface area contributed by atoms with Gasteiger partial charge in [-0.1, -0.05) is 12.1 Å². The first kappa shape index (κ1) is 9.52. The third-order valence-corrected chi connectivity index (χ3v) is 2.33. The minimum atomic E-state index is 0.446. The molecule has 0 amide bonds. The highest BCUT2D eigenvalue weighted by Crippen LogP contribution is 2.08. The molecule has 0 bridgehead atoms. The molecule has 0 spiro atoms. The van der Waals surface area contributed by atoms with Crippen LogP contribution >= 0.6 is 0 Å². The molecule has 3 aromatic rings. The van der Waals surface area contributed by atoms with E-state index in [1.165, 1.54) is 0 Å². The fourth-order valence-corrected chi connectivity index (χ4v) is 1.51. The molecule has 0 radical (unpaired) electrons. The van der Waals surface area contributed by atoms with Crippen molar-refractivity contribution in [1.82, 2.24) is 30.6 Å². The van der Waals surface area contributed by atoms with Gasteiger partial charge in [-0.05, 0) is 29.5 Å². The van der Waals surface area contributed by atoms with E-state index in [9.17, 15) is 5.21 Å². The first-order chi connectivity index (χ1) is 8.34. The smallest absolute Gasteiger partial charge is 0.115 e. The van der Waals surface area contributed by atoms with Gasteiger partial charge in [0.2, 0.25) is 0 Å². The molecule has 1 N–H and O–H groups in total. The Balaban J connectivity index is 2.40. The number of aromatic amines is 1. The second-order valence-electron chi connectivity index (χ2n) is 3.39. The molecule has 0 unspecified atom stereocenters. The molecular weight excluding hydrogens is 220 g/mol. The van der Waals surface area contributed by atoms with Gasteiger partial charge in [0.05, 0.1) is 5.52 Å². The molecule has 0 aliphatic rings. The molecule has 0 aliphatic carbocycles. The second kappa shape index (κ2) is 3.71. The SMILES string of the molecule is [O-]n1[nH]nc2cccc3nnnc3cccc21. The summed E-state index contributed by atoms with van der Waals surface area (Å²) in [5, 5.41) is 28.9. The molecule has 0 atom stereocenters. The quantitative estimate of drug-likeness (QED) is 0.622. The number of nitrogens with zero attached hydrogens (tertiary/aromatic N) is 5. The number of hydrogen-bond acceptors (Lipinski definition) is 5. The second-order valence-corrected chi connectivity index (χ2v) is 3.39. The van der Waals surface area contributed by atoms with E-state index in [1.54, 1.807) is 36.4 Å². The van der Waals surface area contributed by atoms with Crippen molar-refractivity contribution in [3.05, 3.63) is 41.6 Å². The third kappa shape index (κ3) is 1.63. The monoisotopic (exact) mass is 227 g/mol. The number of aromatic nitrogens is 6. The van der Waals surface area contributed by atoms with Crippen LogP contribution < -0.4 is 0 Å². The summed E-state index contributed by atoms with van der Waals surface area (Å²) in [5.41, 5.74) is 2.36. The predicted molar refractivity (Wildman–Crippen MR) is 61.4 cm³/mol. The van der Waals surface area contributed by atoms with Gasteiger partial charge in [0.25, 0.3) is 0 Å². The number of rotatable bonds is 0. The Kier molecular flexibility index (Phi) is 2.08. The molecule has 0 fully saturated rings. The Labute approximate surface area is 95.0 Å². The van der Waals surface area contributed by atoms with E-state index in [0.29, 0.717) is 26.9 Å². The molecule has 2 heterocycles. The summed E-state index contributed by atoms with van der Waals surface area (Å²) in [6.07, 6.45) is 0. The summed E-state index contributed by atoms with van der Waals surface area (Å²) >= 11 is 0. The van der Waals surface area contributed by atoms with Gasteiger partial charge in [-0.3, -0.25) is 4.85 Å². The summed E-state index contributed by atoms with van der Waals surface area (Å²) in [5.74, 6) is 0. The minimum Gasteiger partial charge on any atom is -0.790 e. The molecule has 0 saturated heterocycles. The van der Waals surface area contributed by atoms with Crippen LogP contribution in [0.1, 0.15) is 0 Å². The van der Waals surface area contributed by atoms with Gasteiger partial charge < -0.3 is 5.21 Å². The molecule has 0 aliphatic heterocycles. The van der Waals surface area contributed by atoms with Gasteiger partial charge in [-0.25, -0.2) is 5.21 Å². The van der Waals surface area contributed by atoms with Gasteiger partial charge in [0, 0.05) is 0 Å². The lowest BCUT2D eigenvalue weighted by atomic mass is 10.3. The van der Waals surface area contributed by atoms with Crippen molar-refractivity contribution in [3.63, 3.8) is 0 Å². The number of nitrogens with one attached hydrogen (secondary N) is 1. The van der Waals surface area contributed by atoms with Crippen LogP contribution in [0.3, 0.4) is 0 Å². The van der Waals surface area contributed by atoms with Crippen LogP contribution in [0.5, 0.6) is 0 Å². The maximum Gasteiger partial charge on any atom is 0.115 e. The molecule has 17 heavy (non-hydrogen) atoms. The van der Waals surface area contributed by atoms with Crippen LogP contribution in [-0.4, -0.2) is 30.6 Å². The minimum absolute atomic E-state index is 0.446. The first-order valence-corrected chi connectivity index (χ1v) is 4.91. The zero-order valence-electron chi connectivity index (χ0n) is 8.61. The average molecular weight is 227 g/mol. The third-order valence-electron chi connectivity index (χ3n) is 2.33. The highest BCUT2D eigenvalue weighted by molar-refractivity contribution is 5.75. The zero-order valence-corrected chi connectivity index (χ0v) is 8.61. The van der Waals surface area contributed by atoms with Crippen molar-refractivity contribution in [2.24, 2.45) is 0 Å². The molecule has 7 nitrogen and oxygen atoms in total. The number of fused-ring (bicyclic) bond motifs is 2. The molecule has 3 rings (SSSR count). The van der Waals surface area contributed by atoms with E-state index in [-0.39, 0.29) is 0 Å². The average Bonchev–Trinajstić information content (AvgIpc) is 2.90. The van der Waals surface area contributed by atoms with Crippen LogP contribution in [-0.2, 0) is 0 Å². The molecule has 7 heteroatoms. The fraction of sp³-hybridized carbons (Fsp3) is 0. The molecular formula is C10H7N6O-. The lowest BCUT2D eigenvalue weighted by Crippen LogP contribution is -1.85. The maximum absolute atomic E-state index is 11.4. The van der Waals surface area contributed by atoms with Crippen molar-refractivity contribution in [2.45, 2.75) is 0 Å². The Morgan fingerprint density at radius 2 is 1.59 bits per heavy atom. The van der Waals surface area contributed by atoms with E-state index < -0.39 is 0 Å². The first-order valence-electron chi connectivity index (χ1n) is 4.91. The Hall–Kier alpha value is -2.70. The van der Waals surface area contributed by atoms with Crippen LogP contribution in [0.15, 0.2) is 36.4 Å². The largest absolute Gasteiger partial charge is 0.790 e. The summed E-state index contributed by atoms with van der Waals surface area (Å²) in [7, 11) is 0. The lowest BCUT2D eigenvalue weighted by Gasteiger charge is -2.02. The maximum atomic E-state index is 11.4. The van der Waals surface area contributed by atoms with Crippen LogP contribution in [0, 0.1) is 5.21 Å². The van der Waals surface area contributed by atoms with Gasteiger partial charge in [0.15, 0.2) is 0 Å². The fourth-order valence-electron chi connectivity index (χ4n) is 1.51. The summed E-state index contributed by atoms with van der Waals surface area (Å²) < 4.78 is 0. The standard InChI is InChI=1S/C10H7N6O/c17-16-10-6-2-4-8-7(11-14-12-8)3-1-5-9(10)13-15-16/h1-6,15H/q-1. The van der Waals surface area contributed by atoms with Crippen molar-refractivity contribution >= 4 is 22.1 Å². The van der Waals surface area contributed by atoms with Crippen molar-refractivity contribution in [2.75, 3.05) is 0 Å². The Bertz CT molecular complexity index is 730. The number of hydrogen-bond donors (Lipinski definition) is 1. The van der Waals surface area contributed by atoms with Gasteiger partial charge in [-0.15, -0.1) is 10.2 Å². The molecule has 0 saturated carbocycles. The van der Waals surface area contributed by atoms with Crippen molar-refractivity contribution in [1.29, 1.82) is 0 Å². The van der Waals surface area contributed by atoms with Crippen LogP contribution in [0.2, 0.25) is 0 Å². The van der Waals surface area contributed by atoms with E-state index in [0.717, 1.165) is 0 Å². The van der Waals surface area contributed by atoms with Gasteiger partial charge >= 0.3 is 0 Å². The lowest BCUT2D eigenvalue weighted by molar-refractivity contribution is 0.828.